The van der Waals surface area contributed by atoms with E-state index in [1.807, 2.05) is 20.8 Å². The second kappa shape index (κ2) is 4.62. The number of hydrogen-bond donors (Lipinski definition) is 2. The molecule has 6 heteroatoms. The van der Waals surface area contributed by atoms with Gasteiger partial charge in [-0.1, -0.05) is 20.8 Å². The minimum absolute atomic E-state index is 0.0913. The fourth-order valence-electron chi connectivity index (χ4n) is 1.15. The minimum Gasteiger partial charge on any atom is -0.398 e. The SMILES string of the molecule is CC(C)(C)CNS(=O)(=O)c1ccc(F)cc1N. The molecule has 1 aromatic rings. The number of halogens is 1. The van der Waals surface area contributed by atoms with Gasteiger partial charge in [-0.2, -0.15) is 0 Å². The highest BCUT2D eigenvalue weighted by Gasteiger charge is 2.20. The van der Waals surface area contributed by atoms with E-state index < -0.39 is 15.8 Å². The van der Waals surface area contributed by atoms with Gasteiger partial charge in [-0.25, -0.2) is 17.5 Å². The van der Waals surface area contributed by atoms with Crippen LogP contribution in [0, 0.1) is 11.2 Å². The van der Waals surface area contributed by atoms with Gasteiger partial charge in [0.05, 0.1) is 5.69 Å². The maximum Gasteiger partial charge on any atom is 0.242 e. The van der Waals surface area contributed by atoms with E-state index in [9.17, 15) is 12.8 Å². The van der Waals surface area contributed by atoms with E-state index >= 15 is 0 Å². The Labute approximate surface area is 101 Å². The number of benzene rings is 1. The molecule has 0 aliphatic carbocycles. The van der Waals surface area contributed by atoms with Crippen LogP contribution < -0.4 is 10.5 Å². The van der Waals surface area contributed by atoms with Crippen LogP contribution in [0.3, 0.4) is 0 Å². The summed E-state index contributed by atoms with van der Waals surface area (Å²) in [5, 5.41) is 0. The Morgan fingerprint density at radius 2 is 1.94 bits per heavy atom. The minimum atomic E-state index is -3.68. The van der Waals surface area contributed by atoms with Crippen LogP contribution in [-0.4, -0.2) is 15.0 Å². The average molecular weight is 260 g/mol. The van der Waals surface area contributed by atoms with Gasteiger partial charge in [0.1, 0.15) is 10.7 Å². The molecule has 0 atom stereocenters. The topological polar surface area (TPSA) is 72.2 Å². The van der Waals surface area contributed by atoms with E-state index in [0.717, 1.165) is 18.2 Å². The normalized spacial score (nSPS) is 12.7. The number of rotatable bonds is 3. The van der Waals surface area contributed by atoms with Crippen molar-refractivity contribution in [1.29, 1.82) is 0 Å². The van der Waals surface area contributed by atoms with Crippen LogP contribution in [-0.2, 0) is 10.0 Å². The average Bonchev–Trinajstić information content (AvgIpc) is 2.13. The Morgan fingerprint density at radius 3 is 2.41 bits per heavy atom. The molecule has 17 heavy (non-hydrogen) atoms. The lowest BCUT2D eigenvalue weighted by atomic mass is 9.98. The summed E-state index contributed by atoms with van der Waals surface area (Å²) in [5.74, 6) is -0.558. The molecule has 0 spiro atoms. The summed E-state index contributed by atoms with van der Waals surface area (Å²) in [5.41, 5.74) is 5.22. The number of nitrogens with two attached hydrogens (primary N) is 1. The standard InChI is InChI=1S/C11H17FN2O2S/c1-11(2,3)7-14-17(15,16)10-5-4-8(12)6-9(10)13/h4-6,14H,7,13H2,1-3H3. The molecular weight excluding hydrogens is 243 g/mol. The third-order valence-corrected chi connectivity index (χ3v) is 3.53. The molecule has 0 bridgehead atoms. The summed E-state index contributed by atoms with van der Waals surface area (Å²) in [7, 11) is -3.68. The molecule has 0 fully saturated rings. The van der Waals surface area contributed by atoms with Crippen molar-refractivity contribution in [2.45, 2.75) is 25.7 Å². The van der Waals surface area contributed by atoms with Crippen molar-refractivity contribution in [1.82, 2.24) is 4.72 Å². The van der Waals surface area contributed by atoms with Gasteiger partial charge in [-0.05, 0) is 23.6 Å². The first-order chi connectivity index (χ1) is 7.62. The first kappa shape index (κ1) is 13.9. The van der Waals surface area contributed by atoms with Crippen molar-refractivity contribution in [2.75, 3.05) is 12.3 Å². The van der Waals surface area contributed by atoms with Gasteiger partial charge in [0.2, 0.25) is 10.0 Å². The van der Waals surface area contributed by atoms with Crippen molar-refractivity contribution < 1.29 is 12.8 Å². The van der Waals surface area contributed by atoms with Crippen LogP contribution in [0.1, 0.15) is 20.8 Å². The molecule has 1 aromatic carbocycles. The first-order valence-corrected chi connectivity index (χ1v) is 6.65. The van der Waals surface area contributed by atoms with Crippen LogP contribution in [0.15, 0.2) is 23.1 Å². The second-order valence-corrected chi connectivity index (χ2v) is 6.80. The largest absolute Gasteiger partial charge is 0.398 e. The fourth-order valence-corrected chi connectivity index (χ4v) is 2.55. The number of nitrogens with one attached hydrogen (secondary N) is 1. The van der Waals surface area contributed by atoms with Crippen LogP contribution in [0.2, 0.25) is 0 Å². The van der Waals surface area contributed by atoms with E-state index in [2.05, 4.69) is 4.72 Å². The molecule has 0 saturated carbocycles. The summed E-state index contributed by atoms with van der Waals surface area (Å²) in [6.07, 6.45) is 0. The maximum atomic E-state index is 12.8. The summed E-state index contributed by atoms with van der Waals surface area (Å²) < 4.78 is 39.1. The lowest BCUT2D eigenvalue weighted by Gasteiger charge is -2.19. The first-order valence-electron chi connectivity index (χ1n) is 5.16. The van der Waals surface area contributed by atoms with E-state index in [1.165, 1.54) is 0 Å². The molecule has 0 aliphatic rings. The van der Waals surface area contributed by atoms with Crippen molar-refractivity contribution in [3.63, 3.8) is 0 Å². The van der Waals surface area contributed by atoms with Gasteiger partial charge < -0.3 is 5.73 Å². The molecule has 0 saturated heterocycles. The van der Waals surface area contributed by atoms with Crippen molar-refractivity contribution in [2.24, 2.45) is 5.41 Å². The number of hydrogen-bond acceptors (Lipinski definition) is 3. The second-order valence-electron chi connectivity index (χ2n) is 5.07. The molecule has 0 aliphatic heterocycles. The molecular formula is C11H17FN2O2S. The zero-order chi connectivity index (χ0) is 13.3. The molecule has 4 nitrogen and oxygen atoms in total. The fraction of sp³-hybridized carbons (Fsp3) is 0.455. The molecule has 1 rings (SSSR count). The van der Waals surface area contributed by atoms with Crippen molar-refractivity contribution in [3.05, 3.63) is 24.0 Å². The molecule has 3 N–H and O–H groups in total. The van der Waals surface area contributed by atoms with E-state index in [4.69, 9.17) is 5.73 Å². The van der Waals surface area contributed by atoms with Gasteiger partial charge in [0, 0.05) is 6.54 Å². The van der Waals surface area contributed by atoms with Gasteiger partial charge in [0.15, 0.2) is 0 Å². The molecule has 0 amide bonds. The molecule has 96 valence electrons. The Bertz CT molecular complexity index is 507. The lowest BCUT2D eigenvalue weighted by molar-refractivity contribution is 0.407. The molecule has 0 radical (unpaired) electrons. The third-order valence-electron chi connectivity index (χ3n) is 2.05. The predicted octanol–water partition coefficient (Wildman–Crippen LogP) is 1.73. The zero-order valence-corrected chi connectivity index (χ0v) is 10.9. The predicted molar refractivity (Wildman–Crippen MR) is 65.5 cm³/mol. The maximum absolute atomic E-state index is 12.8. The van der Waals surface area contributed by atoms with Crippen LogP contribution in [0.5, 0.6) is 0 Å². The Morgan fingerprint density at radius 1 is 1.35 bits per heavy atom. The van der Waals surface area contributed by atoms with Crippen molar-refractivity contribution >= 4 is 15.7 Å². The van der Waals surface area contributed by atoms with Crippen LogP contribution in [0.4, 0.5) is 10.1 Å². The summed E-state index contributed by atoms with van der Waals surface area (Å²) in [6, 6.07) is 3.23. The highest BCUT2D eigenvalue weighted by molar-refractivity contribution is 7.89. The van der Waals surface area contributed by atoms with Gasteiger partial charge >= 0.3 is 0 Å². The van der Waals surface area contributed by atoms with Gasteiger partial charge in [-0.3, -0.25) is 0 Å². The number of anilines is 1. The number of nitrogen functional groups attached to an aromatic ring is 1. The van der Waals surface area contributed by atoms with E-state index in [-0.39, 0.29) is 22.5 Å². The molecule has 0 heterocycles. The van der Waals surface area contributed by atoms with Crippen LogP contribution in [0.25, 0.3) is 0 Å². The summed E-state index contributed by atoms with van der Waals surface area (Å²) in [6.45, 7) is 6.00. The monoisotopic (exact) mass is 260 g/mol. The van der Waals surface area contributed by atoms with Crippen LogP contribution >= 0.6 is 0 Å². The zero-order valence-electron chi connectivity index (χ0n) is 10.1. The quantitative estimate of drug-likeness (QED) is 0.813. The Hall–Kier alpha value is -1.14. The Kier molecular flexibility index (Phi) is 3.78. The van der Waals surface area contributed by atoms with E-state index in [0.29, 0.717) is 0 Å². The summed E-state index contributed by atoms with van der Waals surface area (Å²) in [4.78, 5) is -0.0943. The number of sulfonamides is 1. The highest BCUT2D eigenvalue weighted by atomic mass is 32.2. The van der Waals surface area contributed by atoms with Crippen molar-refractivity contribution in [3.8, 4) is 0 Å². The van der Waals surface area contributed by atoms with Gasteiger partial charge in [-0.15, -0.1) is 0 Å². The third kappa shape index (κ3) is 3.98. The smallest absolute Gasteiger partial charge is 0.242 e. The molecule has 0 aromatic heterocycles. The van der Waals surface area contributed by atoms with Gasteiger partial charge in [0.25, 0.3) is 0 Å². The highest BCUT2D eigenvalue weighted by Crippen LogP contribution is 2.20. The summed E-state index contributed by atoms with van der Waals surface area (Å²) >= 11 is 0. The Balaban J connectivity index is 2.98. The van der Waals surface area contributed by atoms with E-state index in [1.54, 1.807) is 0 Å². The molecule has 0 unspecified atom stereocenters. The lowest BCUT2D eigenvalue weighted by Crippen LogP contribution is -2.32.